The highest BCUT2D eigenvalue weighted by molar-refractivity contribution is 5.83. The Bertz CT molecular complexity index is 525. The van der Waals surface area contributed by atoms with Crippen LogP contribution in [0, 0.1) is 5.82 Å². The Morgan fingerprint density at radius 3 is 2.47 bits per heavy atom. The van der Waals surface area contributed by atoms with E-state index in [9.17, 15) is 4.39 Å². The predicted octanol–water partition coefficient (Wildman–Crippen LogP) is 3.91. The van der Waals surface area contributed by atoms with Crippen molar-refractivity contribution in [1.82, 2.24) is 0 Å². The van der Waals surface area contributed by atoms with Gasteiger partial charge in [-0.1, -0.05) is 18.6 Å². The number of hydrogen-bond acceptors (Lipinski definition) is 2. The molecule has 3 heteroatoms. The molecule has 0 atom stereocenters. The van der Waals surface area contributed by atoms with Gasteiger partial charge in [0.25, 0.3) is 0 Å². The van der Waals surface area contributed by atoms with Gasteiger partial charge in [-0.05, 0) is 54.3 Å². The van der Waals surface area contributed by atoms with Crippen LogP contribution in [-0.2, 0) is 0 Å². The molecule has 0 spiro atoms. The third kappa shape index (κ3) is 4.21. The summed E-state index contributed by atoms with van der Waals surface area (Å²) in [6.45, 7) is 0.945. The van der Waals surface area contributed by atoms with Crippen molar-refractivity contribution in [3.63, 3.8) is 0 Å². The largest absolute Gasteiger partial charge is 0.494 e. The molecule has 2 aromatic rings. The van der Waals surface area contributed by atoms with E-state index in [1.54, 1.807) is 6.07 Å². The molecule has 0 unspecified atom stereocenters. The number of aliphatic hydroxyl groups excluding tert-OH is 1. The molecular weight excluding hydrogens is 243 g/mol. The number of aliphatic hydroxyl groups is 1. The number of hydrogen-bond donors (Lipinski definition) is 1. The molecule has 1 N–H and O–H groups in total. The van der Waals surface area contributed by atoms with E-state index >= 15 is 0 Å². The van der Waals surface area contributed by atoms with Crippen LogP contribution in [0.3, 0.4) is 0 Å². The Morgan fingerprint density at radius 1 is 0.895 bits per heavy atom. The van der Waals surface area contributed by atoms with Crippen molar-refractivity contribution in [1.29, 1.82) is 0 Å². The molecule has 0 aromatic heterocycles. The van der Waals surface area contributed by atoms with Gasteiger partial charge in [0.15, 0.2) is 0 Å². The van der Waals surface area contributed by atoms with Crippen LogP contribution in [-0.4, -0.2) is 18.3 Å². The van der Waals surface area contributed by atoms with Gasteiger partial charge in [0.1, 0.15) is 11.6 Å². The summed E-state index contributed by atoms with van der Waals surface area (Å²) in [6.07, 6.45) is 3.96. The molecule has 19 heavy (non-hydrogen) atoms. The highest BCUT2D eigenvalue weighted by atomic mass is 19.1. The number of benzene rings is 2. The number of halogens is 1. The summed E-state index contributed by atoms with van der Waals surface area (Å²) in [4.78, 5) is 0. The zero-order valence-corrected chi connectivity index (χ0v) is 10.9. The van der Waals surface area contributed by atoms with Gasteiger partial charge in [-0.2, -0.15) is 0 Å². The van der Waals surface area contributed by atoms with E-state index in [0.717, 1.165) is 42.2 Å². The molecule has 0 radical (unpaired) electrons. The standard InChI is InChI=1S/C16H19FO2/c17-15-7-5-14-12-16(8-6-13(14)11-15)19-10-4-2-1-3-9-18/h5-8,11-12,18H,1-4,9-10H2. The van der Waals surface area contributed by atoms with Crippen molar-refractivity contribution in [2.75, 3.05) is 13.2 Å². The SMILES string of the molecule is OCCCCCCOc1ccc2cc(F)ccc2c1. The fourth-order valence-corrected chi connectivity index (χ4v) is 2.04. The molecule has 0 bridgehead atoms. The van der Waals surface area contributed by atoms with Gasteiger partial charge in [0.2, 0.25) is 0 Å². The molecule has 2 rings (SSSR count). The molecule has 0 saturated carbocycles. The minimum Gasteiger partial charge on any atom is -0.494 e. The van der Waals surface area contributed by atoms with Crippen molar-refractivity contribution in [2.24, 2.45) is 0 Å². The zero-order valence-electron chi connectivity index (χ0n) is 10.9. The van der Waals surface area contributed by atoms with Gasteiger partial charge in [-0.15, -0.1) is 0 Å². The summed E-state index contributed by atoms with van der Waals surface area (Å²) in [5.74, 6) is 0.603. The van der Waals surface area contributed by atoms with Crippen LogP contribution in [0.25, 0.3) is 10.8 Å². The Kier molecular flexibility index (Phi) is 5.16. The summed E-state index contributed by atoms with van der Waals surface area (Å²) < 4.78 is 18.7. The number of rotatable bonds is 7. The molecule has 2 aromatic carbocycles. The van der Waals surface area contributed by atoms with E-state index in [4.69, 9.17) is 9.84 Å². The molecule has 0 amide bonds. The topological polar surface area (TPSA) is 29.5 Å². The molecule has 0 aliphatic heterocycles. The minimum atomic E-state index is -0.218. The fourth-order valence-electron chi connectivity index (χ4n) is 2.04. The summed E-state index contributed by atoms with van der Waals surface area (Å²) in [7, 11) is 0. The molecule has 2 nitrogen and oxygen atoms in total. The van der Waals surface area contributed by atoms with Gasteiger partial charge in [-0.25, -0.2) is 4.39 Å². The summed E-state index contributed by atoms with van der Waals surface area (Å²) in [5.41, 5.74) is 0. The van der Waals surface area contributed by atoms with E-state index < -0.39 is 0 Å². The Balaban J connectivity index is 1.86. The second kappa shape index (κ2) is 7.10. The van der Waals surface area contributed by atoms with Crippen molar-refractivity contribution in [2.45, 2.75) is 25.7 Å². The average Bonchev–Trinajstić information content (AvgIpc) is 2.43. The Hall–Kier alpha value is -1.61. The maximum absolute atomic E-state index is 13.0. The molecule has 102 valence electrons. The van der Waals surface area contributed by atoms with Gasteiger partial charge in [0, 0.05) is 6.61 Å². The van der Waals surface area contributed by atoms with Crippen LogP contribution >= 0.6 is 0 Å². The molecule has 0 saturated heterocycles. The first-order valence-corrected chi connectivity index (χ1v) is 6.72. The zero-order chi connectivity index (χ0) is 13.5. The lowest BCUT2D eigenvalue weighted by Gasteiger charge is -2.07. The Labute approximate surface area is 112 Å². The van der Waals surface area contributed by atoms with Crippen LogP contribution in [0.5, 0.6) is 5.75 Å². The summed E-state index contributed by atoms with van der Waals surface area (Å²) >= 11 is 0. The lowest BCUT2D eigenvalue weighted by molar-refractivity contribution is 0.273. The quantitative estimate of drug-likeness (QED) is 0.766. The summed E-state index contributed by atoms with van der Waals surface area (Å²) in [5, 5.41) is 10.5. The van der Waals surface area contributed by atoms with Gasteiger partial charge in [-0.3, -0.25) is 0 Å². The van der Waals surface area contributed by atoms with Crippen molar-refractivity contribution in [3.8, 4) is 5.75 Å². The van der Waals surface area contributed by atoms with Crippen molar-refractivity contribution < 1.29 is 14.2 Å². The average molecular weight is 262 g/mol. The van der Waals surface area contributed by atoms with E-state index in [1.165, 1.54) is 12.1 Å². The van der Waals surface area contributed by atoms with E-state index in [2.05, 4.69) is 0 Å². The van der Waals surface area contributed by atoms with Crippen LogP contribution in [0.15, 0.2) is 36.4 Å². The van der Waals surface area contributed by atoms with E-state index in [0.29, 0.717) is 6.61 Å². The van der Waals surface area contributed by atoms with Gasteiger partial charge < -0.3 is 9.84 Å². The maximum atomic E-state index is 13.0. The van der Waals surface area contributed by atoms with Crippen LogP contribution in [0.4, 0.5) is 4.39 Å². The van der Waals surface area contributed by atoms with Crippen molar-refractivity contribution in [3.05, 3.63) is 42.2 Å². The second-order valence-electron chi connectivity index (χ2n) is 4.64. The van der Waals surface area contributed by atoms with Crippen LogP contribution in [0.2, 0.25) is 0 Å². The van der Waals surface area contributed by atoms with E-state index in [-0.39, 0.29) is 12.4 Å². The molecule has 0 aliphatic carbocycles. The molecule has 0 heterocycles. The third-order valence-electron chi connectivity index (χ3n) is 3.09. The van der Waals surface area contributed by atoms with Crippen molar-refractivity contribution >= 4 is 10.8 Å². The third-order valence-corrected chi connectivity index (χ3v) is 3.09. The van der Waals surface area contributed by atoms with Gasteiger partial charge >= 0.3 is 0 Å². The highest BCUT2D eigenvalue weighted by Crippen LogP contribution is 2.21. The van der Waals surface area contributed by atoms with Crippen LogP contribution in [0.1, 0.15) is 25.7 Å². The molecule has 0 aliphatic rings. The molecular formula is C16H19FO2. The number of fused-ring (bicyclic) bond motifs is 1. The van der Waals surface area contributed by atoms with Crippen LogP contribution < -0.4 is 4.74 Å². The van der Waals surface area contributed by atoms with E-state index in [1.807, 2.05) is 18.2 Å². The van der Waals surface area contributed by atoms with Gasteiger partial charge in [0.05, 0.1) is 6.61 Å². The highest BCUT2D eigenvalue weighted by Gasteiger charge is 1.99. The summed E-state index contributed by atoms with van der Waals surface area (Å²) in [6, 6.07) is 10.4. The monoisotopic (exact) mass is 262 g/mol. The normalized spacial score (nSPS) is 10.8. The Morgan fingerprint density at radius 2 is 1.63 bits per heavy atom. The second-order valence-corrected chi connectivity index (χ2v) is 4.64. The first-order valence-electron chi connectivity index (χ1n) is 6.72. The fraction of sp³-hybridized carbons (Fsp3) is 0.375. The molecule has 0 fully saturated rings. The lowest BCUT2D eigenvalue weighted by Crippen LogP contribution is -1.97. The first-order chi connectivity index (χ1) is 9.29. The predicted molar refractivity (Wildman–Crippen MR) is 75.0 cm³/mol. The number of ether oxygens (including phenoxy) is 1. The number of unbranched alkanes of at least 4 members (excludes halogenated alkanes) is 3. The first kappa shape index (κ1) is 13.8. The minimum absolute atomic E-state index is 0.218. The lowest BCUT2D eigenvalue weighted by atomic mass is 10.1. The smallest absolute Gasteiger partial charge is 0.123 e. The maximum Gasteiger partial charge on any atom is 0.123 e.